The van der Waals surface area contributed by atoms with E-state index in [1.165, 1.54) is 11.3 Å². The lowest BCUT2D eigenvalue weighted by atomic mass is 10.1. The zero-order chi connectivity index (χ0) is 21.8. The highest BCUT2D eigenvalue weighted by Crippen LogP contribution is 2.32. The quantitative estimate of drug-likeness (QED) is 0.298. The van der Waals surface area contributed by atoms with Crippen molar-refractivity contribution >= 4 is 57.0 Å². The van der Waals surface area contributed by atoms with Crippen LogP contribution in [-0.2, 0) is 6.61 Å². The molecule has 1 aromatic heterocycles. The first-order chi connectivity index (χ1) is 15.0. The van der Waals surface area contributed by atoms with Gasteiger partial charge in [-0.15, -0.1) is 0 Å². The summed E-state index contributed by atoms with van der Waals surface area (Å²) in [6.45, 7) is 0.416. The molecule has 0 amide bonds. The highest BCUT2D eigenvalue weighted by atomic mass is 35.5. The predicted octanol–water partition coefficient (Wildman–Crippen LogP) is 6.59. The van der Waals surface area contributed by atoms with Gasteiger partial charge in [-0.05, 0) is 35.9 Å². The number of rotatable bonds is 7. The number of carbonyl (C=O) groups excluding carboxylic acids is 1. The summed E-state index contributed by atoms with van der Waals surface area (Å²) in [7, 11) is 0. The Morgan fingerprint density at radius 3 is 2.58 bits per heavy atom. The number of ether oxygens (including phenoxy) is 1. The molecule has 0 aliphatic rings. The summed E-state index contributed by atoms with van der Waals surface area (Å²) >= 11 is 13.2. The Hall–Kier alpha value is -3.06. The van der Waals surface area contributed by atoms with E-state index in [2.05, 4.69) is 10.3 Å². The van der Waals surface area contributed by atoms with E-state index in [0.29, 0.717) is 43.7 Å². The minimum Gasteiger partial charge on any atom is -0.489 e. The van der Waals surface area contributed by atoms with Crippen LogP contribution < -0.4 is 15.8 Å². The van der Waals surface area contributed by atoms with Crippen molar-refractivity contribution in [1.82, 2.24) is 4.98 Å². The minimum atomic E-state index is -0.220. The lowest BCUT2D eigenvalue weighted by Crippen LogP contribution is -2.03. The van der Waals surface area contributed by atoms with Crippen LogP contribution >= 0.6 is 34.5 Å². The van der Waals surface area contributed by atoms with Gasteiger partial charge < -0.3 is 15.8 Å². The summed E-state index contributed by atoms with van der Waals surface area (Å²) in [5.41, 5.74) is 8.23. The number of halogens is 2. The van der Waals surface area contributed by atoms with Gasteiger partial charge >= 0.3 is 0 Å². The fraction of sp³-hybridized carbons (Fsp3) is 0.0435. The molecule has 5 nitrogen and oxygen atoms in total. The lowest BCUT2D eigenvalue weighted by Gasteiger charge is -2.07. The van der Waals surface area contributed by atoms with Gasteiger partial charge in [-0.1, -0.05) is 77.0 Å². The van der Waals surface area contributed by atoms with Crippen LogP contribution in [0.2, 0.25) is 10.0 Å². The van der Waals surface area contributed by atoms with E-state index in [0.717, 1.165) is 5.56 Å². The lowest BCUT2D eigenvalue weighted by molar-refractivity contribution is 0.104. The second-order valence-electron chi connectivity index (χ2n) is 6.62. The standard InChI is InChI=1S/C23H17Cl2N3O2S/c24-18-10-9-16(12-19(18)25)27-23-28-22(26)21(31-23)20(29)15-7-4-8-17(11-15)30-13-14-5-2-1-3-6-14/h1-12H,13,26H2,(H,27,28). The number of benzene rings is 3. The molecular weight excluding hydrogens is 453 g/mol. The molecule has 156 valence electrons. The van der Waals surface area contributed by atoms with E-state index < -0.39 is 0 Å². The summed E-state index contributed by atoms with van der Waals surface area (Å²) < 4.78 is 5.82. The van der Waals surface area contributed by atoms with Gasteiger partial charge in [-0.25, -0.2) is 4.98 Å². The summed E-state index contributed by atoms with van der Waals surface area (Å²) in [5.74, 6) is 0.544. The maximum absolute atomic E-state index is 13.0. The van der Waals surface area contributed by atoms with Gasteiger partial charge in [0.1, 0.15) is 23.1 Å². The van der Waals surface area contributed by atoms with E-state index in [-0.39, 0.29) is 11.6 Å². The topological polar surface area (TPSA) is 77.2 Å². The van der Waals surface area contributed by atoms with Gasteiger partial charge in [0.2, 0.25) is 5.78 Å². The first kappa shape index (κ1) is 21.2. The highest BCUT2D eigenvalue weighted by Gasteiger charge is 2.19. The van der Waals surface area contributed by atoms with Crippen LogP contribution in [0.15, 0.2) is 72.8 Å². The molecule has 0 spiro atoms. The Morgan fingerprint density at radius 1 is 1.00 bits per heavy atom. The Kier molecular flexibility index (Phi) is 6.42. The average Bonchev–Trinajstić information content (AvgIpc) is 3.15. The molecule has 4 aromatic rings. The average molecular weight is 470 g/mol. The van der Waals surface area contributed by atoms with Gasteiger partial charge in [0.05, 0.1) is 10.0 Å². The summed E-state index contributed by atoms with van der Waals surface area (Å²) in [6, 6.07) is 22.0. The first-order valence-electron chi connectivity index (χ1n) is 9.29. The third-order valence-electron chi connectivity index (χ3n) is 4.38. The number of nitrogens with two attached hydrogens (primary N) is 1. The number of carbonyl (C=O) groups is 1. The van der Waals surface area contributed by atoms with Gasteiger partial charge in [0, 0.05) is 11.3 Å². The summed E-state index contributed by atoms with van der Waals surface area (Å²) in [4.78, 5) is 17.6. The fourth-order valence-corrected chi connectivity index (χ4v) is 4.01. The van der Waals surface area contributed by atoms with Crippen LogP contribution in [0.5, 0.6) is 5.75 Å². The number of aromatic nitrogens is 1. The van der Waals surface area contributed by atoms with Crippen molar-refractivity contribution in [2.75, 3.05) is 11.1 Å². The molecule has 0 saturated heterocycles. The zero-order valence-corrected chi connectivity index (χ0v) is 18.5. The van der Waals surface area contributed by atoms with Crippen LogP contribution in [-0.4, -0.2) is 10.8 Å². The van der Waals surface area contributed by atoms with Gasteiger partial charge in [0.25, 0.3) is 0 Å². The Balaban J connectivity index is 1.49. The molecule has 0 radical (unpaired) electrons. The van der Waals surface area contributed by atoms with Crippen LogP contribution in [0.3, 0.4) is 0 Å². The van der Waals surface area contributed by atoms with Crippen LogP contribution in [0.1, 0.15) is 20.8 Å². The molecule has 3 N–H and O–H groups in total. The third-order valence-corrected chi connectivity index (χ3v) is 6.10. The molecule has 4 rings (SSSR count). The van der Waals surface area contributed by atoms with E-state index in [1.807, 2.05) is 36.4 Å². The highest BCUT2D eigenvalue weighted by molar-refractivity contribution is 7.18. The molecule has 3 aromatic carbocycles. The van der Waals surface area contributed by atoms with E-state index in [9.17, 15) is 4.79 Å². The van der Waals surface area contributed by atoms with Crippen LogP contribution in [0.25, 0.3) is 0 Å². The maximum Gasteiger partial charge on any atom is 0.206 e. The van der Waals surface area contributed by atoms with Gasteiger partial charge in [-0.3, -0.25) is 4.79 Å². The summed E-state index contributed by atoms with van der Waals surface area (Å²) in [5, 5.41) is 4.45. The fourth-order valence-electron chi connectivity index (χ4n) is 2.84. The SMILES string of the molecule is Nc1nc(Nc2ccc(Cl)c(Cl)c2)sc1C(=O)c1cccc(OCc2ccccc2)c1. The van der Waals surface area contributed by atoms with Gasteiger partial charge in [-0.2, -0.15) is 0 Å². The maximum atomic E-state index is 13.0. The van der Waals surface area contributed by atoms with Crippen molar-refractivity contribution in [2.24, 2.45) is 0 Å². The van der Waals surface area contributed by atoms with Crippen molar-refractivity contribution in [1.29, 1.82) is 0 Å². The number of nitrogens with one attached hydrogen (secondary N) is 1. The predicted molar refractivity (Wildman–Crippen MR) is 127 cm³/mol. The van der Waals surface area contributed by atoms with Crippen molar-refractivity contribution < 1.29 is 9.53 Å². The Bertz CT molecular complexity index is 1230. The molecule has 0 aliphatic heterocycles. The molecule has 0 fully saturated rings. The molecule has 0 atom stereocenters. The number of thiazole rings is 1. The molecule has 0 saturated carbocycles. The molecule has 0 aliphatic carbocycles. The van der Waals surface area contributed by atoms with Crippen LogP contribution in [0.4, 0.5) is 16.6 Å². The van der Waals surface area contributed by atoms with E-state index >= 15 is 0 Å². The summed E-state index contributed by atoms with van der Waals surface area (Å²) in [6.07, 6.45) is 0. The number of hydrogen-bond acceptors (Lipinski definition) is 6. The second-order valence-corrected chi connectivity index (χ2v) is 8.43. The normalized spacial score (nSPS) is 10.6. The van der Waals surface area contributed by atoms with Crippen molar-refractivity contribution in [3.05, 3.63) is 98.8 Å². The molecule has 1 heterocycles. The van der Waals surface area contributed by atoms with Crippen LogP contribution in [0, 0.1) is 0 Å². The Labute approximate surface area is 193 Å². The van der Waals surface area contributed by atoms with E-state index in [4.69, 9.17) is 33.7 Å². The van der Waals surface area contributed by atoms with E-state index in [1.54, 1.807) is 36.4 Å². The number of hydrogen-bond donors (Lipinski definition) is 2. The molecule has 0 unspecified atom stereocenters. The van der Waals surface area contributed by atoms with Crippen molar-refractivity contribution in [3.63, 3.8) is 0 Å². The zero-order valence-electron chi connectivity index (χ0n) is 16.1. The monoisotopic (exact) mass is 469 g/mol. The number of nitrogen functional groups attached to an aromatic ring is 1. The Morgan fingerprint density at radius 2 is 1.81 bits per heavy atom. The number of anilines is 3. The van der Waals surface area contributed by atoms with Gasteiger partial charge in [0.15, 0.2) is 5.13 Å². The number of nitrogens with zero attached hydrogens (tertiary/aromatic N) is 1. The largest absolute Gasteiger partial charge is 0.489 e. The molecule has 0 bridgehead atoms. The van der Waals surface area contributed by atoms with Crippen molar-refractivity contribution in [3.8, 4) is 5.75 Å². The first-order valence-corrected chi connectivity index (χ1v) is 10.9. The number of ketones is 1. The van der Waals surface area contributed by atoms with Crippen molar-refractivity contribution in [2.45, 2.75) is 6.61 Å². The molecule has 8 heteroatoms. The third kappa shape index (κ3) is 5.17. The second kappa shape index (κ2) is 9.39. The smallest absolute Gasteiger partial charge is 0.206 e. The molecule has 31 heavy (non-hydrogen) atoms. The molecular formula is C23H17Cl2N3O2S. The minimum absolute atomic E-state index is 0.160.